The van der Waals surface area contributed by atoms with Gasteiger partial charge in [0, 0.05) is 33.2 Å². The highest BCUT2D eigenvalue weighted by atomic mass is 16.3. The second kappa shape index (κ2) is 13.1. The Balaban J connectivity index is 0.991. The van der Waals surface area contributed by atoms with Gasteiger partial charge in [-0.15, -0.1) is 0 Å². The van der Waals surface area contributed by atoms with Gasteiger partial charge in [0.1, 0.15) is 23.1 Å². The van der Waals surface area contributed by atoms with E-state index in [1.165, 1.54) is 0 Å². The van der Waals surface area contributed by atoms with Crippen LogP contribution >= 0.6 is 0 Å². The molecule has 11 rings (SSSR count). The second-order valence-electron chi connectivity index (χ2n) is 14.0. The van der Waals surface area contributed by atoms with Crippen LogP contribution in [-0.2, 0) is 0 Å². The number of furan rings is 1. The molecule has 1 N–H and O–H groups in total. The zero-order valence-corrected chi connectivity index (χ0v) is 30.2. The highest BCUT2D eigenvalue weighted by molar-refractivity contribution is 6.24. The van der Waals surface area contributed by atoms with Gasteiger partial charge in [0.15, 0.2) is 11.4 Å². The molecule has 56 heavy (non-hydrogen) atoms. The van der Waals surface area contributed by atoms with E-state index in [-0.39, 0.29) is 6.17 Å². The Kier molecular flexibility index (Phi) is 7.45. The summed E-state index contributed by atoms with van der Waals surface area (Å²) in [6.45, 7) is 0. The fourth-order valence-corrected chi connectivity index (χ4v) is 7.96. The van der Waals surface area contributed by atoms with Crippen LogP contribution in [0.25, 0.3) is 71.9 Å². The minimum Gasteiger partial charge on any atom is -0.453 e. The first kappa shape index (κ1) is 31.9. The highest BCUT2D eigenvalue weighted by Gasteiger charge is 2.25. The molecule has 7 aromatic carbocycles. The predicted octanol–water partition coefficient (Wildman–Crippen LogP) is 11.9. The van der Waals surface area contributed by atoms with Gasteiger partial charge in [-0.3, -0.25) is 0 Å². The number of aliphatic imine (C=N–C) groups is 2. The molecule has 0 amide bonds. The van der Waals surface area contributed by atoms with Crippen molar-refractivity contribution in [3.05, 3.63) is 205 Å². The molecule has 0 saturated heterocycles. The SMILES string of the molecule is c1ccc(C2=NC(c3ccccc3)NC(c3ccc(-c4ccc(-c5nc6ccccc6c6oc7c8ccccc8n(-c8ccccc8)c7c56)cc4)cc3)=N2)cc1. The fraction of sp³-hybridized carbons (Fsp3) is 0.0200. The van der Waals surface area contributed by atoms with E-state index in [2.05, 4.69) is 149 Å². The molecule has 1 aliphatic rings. The number of fused-ring (bicyclic) bond motifs is 7. The maximum Gasteiger partial charge on any atom is 0.161 e. The summed E-state index contributed by atoms with van der Waals surface area (Å²) in [5.74, 6) is 1.50. The number of para-hydroxylation sites is 3. The Labute approximate surface area is 322 Å². The van der Waals surface area contributed by atoms with Gasteiger partial charge in [-0.2, -0.15) is 0 Å². The molecule has 6 heteroatoms. The Bertz CT molecular complexity index is 3130. The molecule has 0 saturated carbocycles. The average molecular weight is 720 g/mol. The largest absolute Gasteiger partial charge is 0.453 e. The molecule has 0 aliphatic carbocycles. The zero-order valence-electron chi connectivity index (χ0n) is 30.2. The van der Waals surface area contributed by atoms with E-state index in [0.717, 1.165) is 94.5 Å². The van der Waals surface area contributed by atoms with Crippen molar-refractivity contribution in [3.8, 4) is 28.1 Å². The molecule has 0 spiro atoms. The number of nitrogens with zero attached hydrogens (tertiary/aromatic N) is 4. The summed E-state index contributed by atoms with van der Waals surface area (Å²) in [5.41, 5.74) is 13.0. The van der Waals surface area contributed by atoms with Crippen molar-refractivity contribution < 1.29 is 4.42 Å². The first-order valence-corrected chi connectivity index (χ1v) is 18.8. The summed E-state index contributed by atoms with van der Waals surface area (Å²) in [7, 11) is 0. The van der Waals surface area contributed by atoms with Crippen LogP contribution in [0.5, 0.6) is 0 Å². The van der Waals surface area contributed by atoms with Crippen molar-refractivity contribution in [2.75, 3.05) is 0 Å². The summed E-state index contributed by atoms with van der Waals surface area (Å²) in [5, 5.41) is 6.65. The number of benzene rings is 7. The lowest BCUT2D eigenvalue weighted by molar-refractivity contribution is 0.674. The lowest BCUT2D eigenvalue weighted by Crippen LogP contribution is -2.33. The first-order valence-electron chi connectivity index (χ1n) is 18.8. The number of hydrogen-bond acceptors (Lipinski definition) is 5. The Morgan fingerprint density at radius 1 is 0.500 bits per heavy atom. The smallest absolute Gasteiger partial charge is 0.161 e. The minimum absolute atomic E-state index is 0.244. The molecular formula is C50H33N5O. The van der Waals surface area contributed by atoms with Crippen molar-refractivity contribution in [1.82, 2.24) is 14.9 Å². The fourth-order valence-electron chi connectivity index (χ4n) is 7.96. The lowest BCUT2D eigenvalue weighted by Gasteiger charge is -2.23. The lowest BCUT2D eigenvalue weighted by atomic mass is 9.99. The average Bonchev–Trinajstić information content (AvgIpc) is 3.83. The number of hydrogen-bond donors (Lipinski definition) is 1. The van der Waals surface area contributed by atoms with E-state index in [0.29, 0.717) is 5.84 Å². The second-order valence-corrected chi connectivity index (χ2v) is 14.0. The minimum atomic E-state index is -0.244. The van der Waals surface area contributed by atoms with Gasteiger partial charge >= 0.3 is 0 Å². The molecular weight excluding hydrogens is 687 g/mol. The van der Waals surface area contributed by atoms with Gasteiger partial charge in [0.25, 0.3) is 0 Å². The van der Waals surface area contributed by atoms with E-state index in [9.17, 15) is 0 Å². The predicted molar refractivity (Wildman–Crippen MR) is 229 cm³/mol. The maximum absolute atomic E-state index is 6.88. The molecule has 1 aliphatic heterocycles. The van der Waals surface area contributed by atoms with Gasteiger partial charge in [0.05, 0.1) is 22.1 Å². The van der Waals surface area contributed by atoms with E-state index < -0.39 is 0 Å². The van der Waals surface area contributed by atoms with Gasteiger partial charge in [0.2, 0.25) is 0 Å². The van der Waals surface area contributed by atoms with Crippen LogP contribution in [0.15, 0.2) is 202 Å². The highest BCUT2D eigenvalue weighted by Crippen LogP contribution is 2.44. The third-order valence-electron chi connectivity index (χ3n) is 10.7. The summed E-state index contributed by atoms with van der Waals surface area (Å²) in [6, 6.07) is 64.9. The Hall–Kier alpha value is -7.57. The van der Waals surface area contributed by atoms with Crippen LogP contribution in [0, 0.1) is 0 Å². The normalized spacial score (nSPS) is 14.2. The molecule has 0 fully saturated rings. The van der Waals surface area contributed by atoms with Crippen LogP contribution in [0.4, 0.5) is 0 Å². The molecule has 3 aromatic heterocycles. The number of pyridine rings is 1. The van der Waals surface area contributed by atoms with E-state index in [4.69, 9.17) is 19.4 Å². The summed E-state index contributed by atoms with van der Waals surface area (Å²) in [4.78, 5) is 15.3. The summed E-state index contributed by atoms with van der Waals surface area (Å²) in [6.07, 6.45) is -0.244. The van der Waals surface area contributed by atoms with Crippen molar-refractivity contribution in [2.45, 2.75) is 6.17 Å². The molecule has 264 valence electrons. The van der Waals surface area contributed by atoms with Crippen LogP contribution in [0.3, 0.4) is 0 Å². The van der Waals surface area contributed by atoms with Gasteiger partial charge in [-0.05, 0) is 53.1 Å². The first-order chi connectivity index (χ1) is 27.8. The van der Waals surface area contributed by atoms with Crippen molar-refractivity contribution >= 4 is 55.5 Å². The van der Waals surface area contributed by atoms with Crippen molar-refractivity contribution in [1.29, 1.82) is 0 Å². The molecule has 0 radical (unpaired) electrons. The topological polar surface area (TPSA) is 67.7 Å². The van der Waals surface area contributed by atoms with Crippen LogP contribution in [0.1, 0.15) is 22.9 Å². The van der Waals surface area contributed by atoms with Gasteiger partial charge in [-0.1, -0.05) is 152 Å². The monoisotopic (exact) mass is 719 g/mol. The standard InChI is InChI=1S/C50H33N5O/c1-4-14-35(15-5-1)48-52-49(36-16-6-2-7-17-36)54-50(53-48)37-30-26-33(27-31-37)32-24-28-34(29-25-32)44-43-45-47(56-46(43)39-20-10-12-22-41(39)51-44)40-21-11-13-23-42(40)55(45)38-18-8-3-9-19-38/h1-31,48H,(H,52,53,54). The van der Waals surface area contributed by atoms with Gasteiger partial charge < -0.3 is 14.3 Å². The van der Waals surface area contributed by atoms with E-state index in [1.54, 1.807) is 0 Å². The number of nitrogens with one attached hydrogen (secondary N) is 1. The Morgan fingerprint density at radius 3 is 1.82 bits per heavy atom. The van der Waals surface area contributed by atoms with E-state index >= 15 is 0 Å². The quantitative estimate of drug-likeness (QED) is 0.186. The zero-order chi connectivity index (χ0) is 37.0. The summed E-state index contributed by atoms with van der Waals surface area (Å²) < 4.78 is 9.19. The third kappa shape index (κ3) is 5.30. The molecule has 1 atom stereocenters. The third-order valence-corrected chi connectivity index (χ3v) is 10.7. The molecule has 4 heterocycles. The van der Waals surface area contributed by atoms with Crippen molar-refractivity contribution in [2.24, 2.45) is 9.98 Å². The number of amidine groups is 2. The van der Waals surface area contributed by atoms with Gasteiger partial charge in [-0.25, -0.2) is 15.0 Å². The molecule has 1 unspecified atom stereocenters. The van der Waals surface area contributed by atoms with E-state index in [1.807, 2.05) is 48.5 Å². The van der Waals surface area contributed by atoms with Crippen LogP contribution in [0.2, 0.25) is 0 Å². The Morgan fingerprint density at radius 2 is 1.09 bits per heavy atom. The van der Waals surface area contributed by atoms with Crippen LogP contribution in [-0.4, -0.2) is 21.2 Å². The molecule has 0 bridgehead atoms. The summed E-state index contributed by atoms with van der Waals surface area (Å²) >= 11 is 0. The van der Waals surface area contributed by atoms with Crippen LogP contribution < -0.4 is 5.32 Å². The molecule has 6 nitrogen and oxygen atoms in total. The van der Waals surface area contributed by atoms with Crippen molar-refractivity contribution in [3.63, 3.8) is 0 Å². The number of rotatable bonds is 6. The maximum atomic E-state index is 6.88. The number of aromatic nitrogens is 2. The molecule has 10 aromatic rings.